The number of hydrogen-bond acceptors (Lipinski definition) is 6. The van der Waals surface area contributed by atoms with Gasteiger partial charge in [-0.2, -0.15) is 9.40 Å². The van der Waals surface area contributed by atoms with Crippen molar-refractivity contribution in [2.24, 2.45) is 0 Å². The van der Waals surface area contributed by atoms with Crippen molar-refractivity contribution >= 4 is 27.3 Å². The molecule has 0 atom stereocenters. The maximum Gasteiger partial charge on any atom is 0.358 e. The lowest BCUT2D eigenvalue weighted by atomic mass is 10.1. The summed E-state index contributed by atoms with van der Waals surface area (Å²) in [6.45, 7) is 5.06. The highest BCUT2D eigenvalue weighted by Crippen LogP contribution is 2.29. The Labute approximate surface area is 164 Å². The predicted octanol–water partition coefficient (Wildman–Crippen LogP) is 3.10. The Morgan fingerprint density at radius 1 is 1.33 bits per heavy atom. The third-order valence-corrected chi connectivity index (χ3v) is 7.93. The SMILES string of the molecule is CCCc1cc(C(=O)OCC)nn1C1CCN(S(=O)(=O)c2cccs2)CC1. The van der Waals surface area contributed by atoms with Gasteiger partial charge in [0.2, 0.25) is 0 Å². The molecule has 1 fully saturated rings. The molecule has 3 rings (SSSR count). The van der Waals surface area contributed by atoms with E-state index in [1.807, 2.05) is 4.68 Å². The van der Waals surface area contributed by atoms with Crippen molar-refractivity contribution in [1.29, 1.82) is 0 Å². The summed E-state index contributed by atoms with van der Waals surface area (Å²) in [6.07, 6.45) is 3.11. The molecule has 0 radical (unpaired) electrons. The van der Waals surface area contributed by atoms with Crippen LogP contribution in [0.15, 0.2) is 27.8 Å². The van der Waals surface area contributed by atoms with E-state index in [2.05, 4.69) is 12.0 Å². The third kappa shape index (κ3) is 4.25. The Kier molecular flexibility index (Phi) is 6.33. The quantitative estimate of drug-likeness (QED) is 0.654. The van der Waals surface area contributed by atoms with Gasteiger partial charge in [-0.1, -0.05) is 19.4 Å². The van der Waals surface area contributed by atoms with Crippen molar-refractivity contribution in [3.63, 3.8) is 0 Å². The van der Waals surface area contributed by atoms with Gasteiger partial charge in [-0.3, -0.25) is 4.68 Å². The van der Waals surface area contributed by atoms with Gasteiger partial charge in [-0.15, -0.1) is 11.3 Å². The summed E-state index contributed by atoms with van der Waals surface area (Å²) in [5.74, 6) is -0.411. The molecule has 0 saturated carbocycles. The Morgan fingerprint density at radius 3 is 2.67 bits per heavy atom. The molecule has 0 bridgehead atoms. The van der Waals surface area contributed by atoms with E-state index in [0.717, 1.165) is 18.5 Å². The fourth-order valence-corrected chi connectivity index (χ4v) is 5.98. The summed E-state index contributed by atoms with van der Waals surface area (Å²) < 4.78 is 34.3. The summed E-state index contributed by atoms with van der Waals surface area (Å²) in [5.41, 5.74) is 1.33. The lowest BCUT2D eigenvalue weighted by Crippen LogP contribution is -2.39. The summed E-state index contributed by atoms with van der Waals surface area (Å²) in [4.78, 5) is 12.0. The summed E-state index contributed by atoms with van der Waals surface area (Å²) in [5, 5.41) is 6.26. The van der Waals surface area contributed by atoms with Crippen LogP contribution < -0.4 is 0 Å². The van der Waals surface area contributed by atoms with Crippen LogP contribution in [0.5, 0.6) is 0 Å². The number of piperidine rings is 1. The molecule has 3 heterocycles. The molecule has 0 aromatic carbocycles. The van der Waals surface area contributed by atoms with Crippen molar-refractivity contribution in [3.8, 4) is 0 Å². The first-order chi connectivity index (χ1) is 13.0. The molecular weight excluding hydrogens is 386 g/mol. The topological polar surface area (TPSA) is 81.5 Å². The first-order valence-corrected chi connectivity index (χ1v) is 11.6. The number of sulfonamides is 1. The number of rotatable bonds is 7. The van der Waals surface area contributed by atoms with Crippen LogP contribution in [0.3, 0.4) is 0 Å². The minimum absolute atomic E-state index is 0.0875. The average Bonchev–Trinajstić information content (AvgIpc) is 3.33. The minimum Gasteiger partial charge on any atom is -0.461 e. The van der Waals surface area contributed by atoms with Gasteiger partial charge in [0, 0.05) is 18.8 Å². The molecule has 0 amide bonds. The number of thiophene rings is 1. The van der Waals surface area contributed by atoms with Crippen molar-refractivity contribution in [2.45, 2.75) is 49.8 Å². The Balaban J connectivity index is 1.74. The lowest BCUT2D eigenvalue weighted by Gasteiger charge is -2.31. The minimum atomic E-state index is -3.41. The molecule has 0 unspecified atom stereocenters. The molecule has 2 aromatic heterocycles. The van der Waals surface area contributed by atoms with E-state index in [4.69, 9.17) is 4.74 Å². The van der Waals surface area contributed by atoms with Gasteiger partial charge in [0.25, 0.3) is 10.0 Å². The second-order valence-corrected chi connectivity index (χ2v) is 9.62. The van der Waals surface area contributed by atoms with Gasteiger partial charge in [0.15, 0.2) is 5.69 Å². The Hall–Kier alpha value is -1.71. The van der Waals surface area contributed by atoms with Gasteiger partial charge in [-0.25, -0.2) is 13.2 Å². The molecule has 0 aliphatic carbocycles. The van der Waals surface area contributed by atoms with Crippen molar-refractivity contribution < 1.29 is 17.9 Å². The van der Waals surface area contributed by atoms with Gasteiger partial charge >= 0.3 is 5.97 Å². The highest BCUT2D eigenvalue weighted by molar-refractivity contribution is 7.91. The first kappa shape index (κ1) is 20.0. The number of ether oxygens (including phenoxy) is 1. The number of nitrogens with zero attached hydrogens (tertiary/aromatic N) is 3. The van der Waals surface area contributed by atoms with E-state index in [-0.39, 0.29) is 6.04 Å². The molecule has 9 heteroatoms. The number of hydrogen-bond donors (Lipinski definition) is 0. The third-order valence-electron chi connectivity index (χ3n) is 4.66. The van der Waals surface area contributed by atoms with Crippen LogP contribution in [0.4, 0.5) is 0 Å². The average molecular weight is 412 g/mol. The Bertz CT molecular complexity index is 867. The number of aryl methyl sites for hydroxylation is 1. The van der Waals surface area contributed by atoms with Gasteiger partial charge in [-0.05, 0) is 43.7 Å². The summed E-state index contributed by atoms with van der Waals surface area (Å²) >= 11 is 1.24. The molecule has 2 aromatic rings. The highest BCUT2D eigenvalue weighted by Gasteiger charge is 2.32. The molecule has 0 spiro atoms. The smallest absolute Gasteiger partial charge is 0.358 e. The fraction of sp³-hybridized carbons (Fsp3) is 0.556. The second kappa shape index (κ2) is 8.53. The van der Waals surface area contributed by atoms with E-state index in [1.54, 1.807) is 34.8 Å². The maximum absolute atomic E-state index is 12.7. The summed E-state index contributed by atoms with van der Waals surface area (Å²) in [7, 11) is -3.41. The van der Waals surface area contributed by atoms with Crippen LogP contribution in [0.2, 0.25) is 0 Å². The molecular formula is C18H25N3O4S2. The van der Waals surface area contributed by atoms with Crippen LogP contribution in [-0.2, 0) is 21.2 Å². The molecule has 1 aliphatic rings. The van der Waals surface area contributed by atoms with Crippen LogP contribution in [-0.4, -0.2) is 48.2 Å². The fourth-order valence-electron chi connectivity index (χ4n) is 3.36. The number of carbonyl (C=O) groups is 1. The number of carbonyl (C=O) groups excluding carboxylic acids is 1. The van der Waals surface area contributed by atoms with Gasteiger partial charge in [0.05, 0.1) is 12.6 Å². The van der Waals surface area contributed by atoms with Crippen LogP contribution >= 0.6 is 11.3 Å². The van der Waals surface area contributed by atoms with Crippen LogP contribution in [0.25, 0.3) is 0 Å². The van der Waals surface area contributed by atoms with E-state index in [9.17, 15) is 13.2 Å². The zero-order chi connectivity index (χ0) is 19.4. The lowest BCUT2D eigenvalue weighted by molar-refractivity contribution is 0.0517. The largest absolute Gasteiger partial charge is 0.461 e. The van der Waals surface area contributed by atoms with Crippen LogP contribution in [0.1, 0.15) is 55.3 Å². The molecule has 1 saturated heterocycles. The molecule has 0 N–H and O–H groups in total. The van der Waals surface area contributed by atoms with Gasteiger partial charge in [0.1, 0.15) is 4.21 Å². The summed E-state index contributed by atoms with van der Waals surface area (Å²) in [6, 6.07) is 5.28. The first-order valence-electron chi connectivity index (χ1n) is 9.26. The molecule has 7 nitrogen and oxygen atoms in total. The maximum atomic E-state index is 12.7. The number of aromatic nitrogens is 2. The number of esters is 1. The van der Waals surface area contributed by atoms with E-state index < -0.39 is 16.0 Å². The molecule has 148 valence electrons. The van der Waals surface area contributed by atoms with Gasteiger partial charge < -0.3 is 4.74 Å². The standard InChI is InChI=1S/C18H25N3O4S2/c1-3-6-15-13-16(18(22)25-4-2)19-21(15)14-8-10-20(11-9-14)27(23,24)17-7-5-12-26-17/h5,7,12-14H,3-4,6,8-11H2,1-2H3. The predicted molar refractivity (Wildman–Crippen MR) is 104 cm³/mol. The van der Waals surface area contributed by atoms with Crippen LogP contribution in [0, 0.1) is 0 Å². The highest BCUT2D eigenvalue weighted by atomic mass is 32.2. The zero-order valence-electron chi connectivity index (χ0n) is 15.6. The van der Waals surface area contributed by atoms with Crippen molar-refractivity contribution in [2.75, 3.05) is 19.7 Å². The Morgan fingerprint density at radius 2 is 2.07 bits per heavy atom. The molecule has 27 heavy (non-hydrogen) atoms. The molecule has 1 aliphatic heterocycles. The van der Waals surface area contributed by atoms with E-state index >= 15 is 0 Å². The second-order valence-electron chi connectivity index (χ2n) is 6.50. The van der Waals surface area contributed by atoms with E-state index in [1.165, 1.54) is 11.3 Å². The van der Waals surface area contributed by atoms with Crippen molar-refractivity contribution in [3.05, 3.63) is 35.0 Å². The van der Waals surface area contributed by atoms with E-state index in [0.29, 0.717) is 42.4 Å². The zero-order valence-corrected chi connectivity index (χ0v) is 17.3. The normalized spacial score (nSPS) is 16.5. The monoisotopic (exact) mass is 411 g/mol. The van der Waals surface area contributed by atoms with Crippen molar-refractivity contribution in [1.82, 2.24) is 14.1 Å².